The topological polar surface area (TPSA) is 79.0 Å². The van der Waals surface area contributed by atoms with Gasteiger partial charge < -0.3 is 4.98 Å². The van der Waals surface area contributed by atoms with Gasteiger partial charge in [-0.15, -0.1) is 6.58 Å². The first kappa shape index (κ1) is 11.2. The molecular weight excluding hydrogens is 224 g/mol. The second kappa shape index (κ2) is 4.07. The van der Waals surface area contributed by atoms with E-state index in [0.717, 1.165) is 0 Å². The van der Waals surface area contributed by atoms with Crippen LogP contribution in [0.15, 0.2) is 21.7 Å². The van der Waals surface area contributed by atoms with E-state index in [2.05, 4.69) is 16.3 Å². The number of thiazole rings is 1. The van der Waals surface area contributed by atoms with E-state index in [4.69, 9.17) is 0 Å². The quantitative estimate of drug-likeness (QED) is 0.731. The van der Waals surface area contributed by atoms with Crippen LogP contribution in [0.1, 0.15) is 5.69 Å². The molecule has 7 heteroatoms. The molecule has 1 heterocycles. The average molecular weight is 234 g/mol. The summed E-state index contributed by atoms with van der Waals surface area (Å²) in [5.41, 5.74) is 0.358. The Balaban J connectivity index is 3.10. The van der Waals surface area contributed by atoms with Crippen molar-refractivity contribution in [1.82, 2.24) is 9.71 Å². The lowest BCUT2D eigenvalue weighted by atomic mass is 10.6. The normalized spacial score (nSPS) is 11.5. The van der Waals surface area contributed by atoms with Gasteiger partial charge in [0.05, 0.1) is 0 Å². The second-order valence-corrected chi connectivity index (χ2v) is 5.51. The smallest absolute Gasteiger partial charge is 0.305 e. The maximum absolute atomic E-state index is 11.5. The predicted molar refractivity (Wildman–Crippen MR) is 55.1 cm³/mol. The lowest BCUT2D eigenvalue weighted by molar-refractivity contribution is 0.587. The molecule has 1 rings (SSSR count). The van der Waals surface area contributed by atoms with Gasteiger partial charge in [-0.05, 0) is 6.92 Å². The molecule has 0 aliphatic carbocycles. The lowest BCUT2D eigenvalue weighted by Gasteiger charge is -2.01. The Morgan fingerprint density at radius 2 is 2.29 bits per heavy atom. The minimum absolute atomic E-state index is 0.0318. The monoisotopic (exact) mass is 234 g/mol. The second-order valence-electron chi connectivity index (χ2n) is 2.57. The number of hydrogen-bond donors (Lipinski definition) is 2. The van der Waals surface area contributed by atoms with Crippen molar-refractivity contribution in [2.24, 2.45) is 0 Å². The standard InChI is InChI=1S/C7H10N2O3S2/c1-3-4-8-14(11,12)6-5(2)9-7(10)13-6/h3,8H,1,4H2,2H3,(H,9,10). The Morgan fingerprint density at radius 1 is 1.64 bits per heavy atom. The molecule has 0 saturated carbocycles. The molecular formula is C7H10N2O3S2. The first-order valence-corrected chi connectivity index (χ1v) is 6.07. The van der Waals surface area contributed by atoms with Crippen molar-refractivity contribution in [2.75, 3.05) is 6.54 Å². The third-order valence-corrected chi connectivity index (χ3v) is 4.47. The number of H-pyrrole nitrogens is 1. The first-order valence-electron chi connectivity index (χ1n) is 3.77. The SMILES string of the molecule is C=CCNS(=O)(=O)c1sc(=O)[nH]c1C. The highest BCUT2D eigenvalue weighted by molar-refractivity contribution is 7.91. The molecule has 0 spiro atoms. The summed E-state index contributed by atoms with van der Waals surface area (Å²) in [5.74, 6) is 0. The van der Waals surface area contributed by atoms with Crippen molar-refractivity contribution in [2.45, 2.75) is 11.1 Å². The predicted octanol–water partition coefficient (Wildman–Crippen LogP) is 0.209. The Morgan fingerprint density at radius 3 is 2.71 bits per heavy atom. The van der Waals surface area contributed by atoms with Crippen molar-refractivity contribution in [1.29, 1.82) is 0 Å². The summed E-state index contributed by atoms with van der Waals surface area (Å²) in [4.78, 5) is 12.9. The molecule has 0 aliphatic heterocycles. The molecule has 5 nitrogen and oxygen atoms in total. The number of aryl methyl sites for hydroxylation is 1. The Labute approximate surface area is 85.5 Å². The molecule has 1 aromatic rings. The molecule has 0 aliphatic rings. The van der Waals surface area contributed by atoms with E-state index in [1.54, 1.807) is 6.92 Å². The number of nitrogens with one attached hydrogen (secondary N) is 2. The van der Waals surface area contributed by atoms with Gasteiger partial charge in [-0.25, -0.2) is 13.1 Å². The van der Waals surface area contributed by atoms with Gasteiger partial charge in [0.25, 0.3) is 10.0 Å². The molecule has 0 fully saturated rings. The van der Waals surface area contributed by atoms with Crippen LogP contribution in [-0.4, -0.2) is 19.9 Å². The number of hydrogen-bond acceptors (Lipinski definition) is 4. The summed E-state index contributed by atoms with van der Waals surface area (Å²) >= 11 is 0.676. The van der Waals surface area contributed by atoms with Crippen molar-refractivity contribution in [3.05, 3.63) is 28.0 Å². The van der Waals surface area contributed by atoms with Gasteiger partial charge in [0.15, 0.2) is 4.21 Å². The van der Waals surface area contributed by atoms with Crippen LogP contribution < -0.4 is 9.60 Å². The van der Waals surface area contributed by atoms with E-state index < -0.39 is 10.0 Å². The molecule has 14 heavy (non-hydrogen) atoms. The van der Waals surface area contributed by atoms with Crippen LogP contribution >= 0.6 is 11.3 Å². The van der Waals surface area contributed by atoms with Crippen molar-refractivity contribution in [3.8, 4) is 0 Å². The van der Waals surface area contributed by atoms with Gasteiger partial charge in [0.1, 0.15) is 0 Å². The zero-order chi connectivity index (χ0) is 10.8. The molecule has 0 unspecified atom stereocenters. The average Bonchev–Trinajstić information content (AvgIpc) is 2.42. The third-order valence-electron chi connectivity index (χ3n) is 1.44. The van der Waals surface area contributed by atoms with Gasteiger partial charge in [0.2, 0.25) is 0 Å². The highest BCUT2D eigenvalue weighted by Gasteiger charge is 2.19. The van der Waals surface area contributed by atoms with E-state index in [0.29, 0.717) is 17.0 Å². The van der Waals surface area contributed by atoms with Gasteiger partial charge >= 0.3 is 4.87 Å². The largest absolute Gasteiger partial charge is 0.315 e. The van der Waals surface area contributed by atoms with Gasteiger partial charge in [0, 0.05) is 12.2 Å². The molecule has 78 valence electrons. The minimum Gasteiger partial charge on any atom is -0.315 e. The van der Waals surface area contributed by atoms with E-state index in [-0.39, 0.29) is 15.6 Å². The van der Waals surface area contributed by atoms with Crippen LogP contribution in [0.4, 0.5) is 0 Å². The number of aromatic amines is 1. The van der Waals surface area contributed by atoms with E-state index in [9.17, 15) is 13.2 Å². The van der Waals surface area contributed by atoms with E-state index in [1.165, 1.54) is 6.08 Å². The zero-order valence-corrected chi connectivity index (χ0v) is 9.17. The van der Waals surface area contributed by atoms with Crippen LogP contribution in [0.25, 0.3) is 0 Å². The number of rotatable bonds is 4. The van der Waals surface area contributed by atoms with Crippen LogP contribution in [0.2, 0.25) is 0 Å². The lowest BCUT2D eigenvalue weighted by Crippen LogP contribution is -2.23. The molecule has 1 aromatic heterocycles. The molecule has 0 saturated heterocycles. The van der Waals surface area contributed by atoms with Crippen LogP contribution in [0.5, 0.6) is 0 Å². The van der Waals surface area contributed by atoms with Gasteiger partial charge in [-0.2, -0.15) is 0 Å². The minimum atomic E-state index is -3.57. The Bertz CT molecular complexity index is 483. The molecule has 0 radical (unpaired) electrons. The molecule has 0 atom stereocenters. The highest BCUT2D eigenvalue weighted by atomic mass is 32.2. The number of aromatic nitrogens is 1. The van der Waals surface area contributed by atoms with Crippen LogP contribution in [0.3, 0.4) is 0 Å². The Kier molecular flexibility index (Phi) is 3.25. The highest BCUT2D eigenvalue weighted by Crippen LogP contribution is 2.14. The van der Waals surface area contributed by atoms with Crippen molar-refractivity contribution in [3.63, 3.8) is 0 Å². The summed E-state index contributed by atoms with van der Waals surface area (Å²) in [7, 11) is -3.57. The van der Waals surface area contributed by atoms with Crippen LogP contribution in [-0.2, 0) is 10.0 Å². The fourth-order valence-corrected chi connectivity index (χ4v) is 3.22. The Hall–Kier alpha value is -0.920. The first-order chi connectivity index (χ1) is 6.47. The van der Waals surface area contributed by atoms with Crippen molar-refractivity contribution >= 4 is 21.4 Å². The third kappa shape index (κ3) is 2.31. The van der Waals surface area contributed by atoms with Crippen molar-refractivity contribution < 1.29 is 8.42 Å². The maximum atomic E-state index is 11.5. The summed E-state index contributed by atoms with van der Waals surface area (Å²) < 4.78 is 25.4. The van der Waals surface area contributed by atoms with Gasteiger partial charge in [-0.1, -0.05) is 17.4 Å². The van der Waals surface area contributed by atoms with Crippen LogP contribution in [0, 0.1) is 6.92 Å². The van der Waals surface area contributed by atoms with E-state index >= 15 is 0 Å². The summed E-state index contributed by atoms with van der Waals surface area (Å²) in [6.07, 6.45) is 1.43. The fraction of sp³-hybridized carbons (Fsp3) is 0.286. The summed E-state index contributed by atoms with van der Waals surface area (Å²) in [6.45, 7) is 5.08. The molecule has 0 amide bonds. The summed E-state index contributed by atoms with van der Waals surface area (Å²) in [5, 5.41) is 0. The zero-order valence-electron chi connectivity index (χ0n) is 7.53. The molecule has 2 N–H and O–H groups in total. The number of sulfonamides is 1. The molecule has 0 aromatic carbocycles. The van der Waals surface area contributed by atoms with Gasteiger partial charge in [-0.3, -0.25) is 4.79 Å². The summed E-state index contributed by atoms with van der Waals surface area (Å²) in [6, 6.07) is 0. The molecule has 0 bridgehead atoms. The maximum Gasteiger partial charge on any atom is 0.305 e. The van der Waals surface area contributed by atoms with E-state index in [1.807, 2.05) is 0 Å². The fourth-order valence-electron chi connectivity index (χ4n) is 0.881.